The summed E-state index contributed by atoms with van der Waals surface area (Å²) in [6, 6.07) is 3.28. The highest BCUT2D eigenvalue weighted by molar-refractivity contribution is 7.90. The van der Waals surface area contributed by atoms with E-state index in [1.54, 1.807) is 40.0 Å². The molecule has 0 saturated carbocycles. The van der Waals surface area contributed by atoms with Gasteiger partial charge in [-0.25, -0.2) is 23.1 Å². The van der Waals surface area contributed by atoms with Crippen LogP contribution < -0.4 is 9.62 Å². The Morgan fingerprint density at radius 1 is 1.23 bits per heavy atom. The molecule has 3 aromatic rings. The molecule has 0 atom stereocenters. The number of hydrogen-bond acceptors (Lipinski definition) is 8. The highest BCUT2D eigenvalue weighted by atomic mass is 32.2. The van der Waals surface area contributed by atoms with Crippen LogP contribution in [0.5, 0.6) is 0 Å². The van der Waals surface area contributed by atoms with Crippen molar-refractivity contribution in [2.45, 2.75) is 18.0 Å². The highest BCUT2D eigenvalue weighted by Crippen LogP contribution is 2.23. The van der Waals surface area contributed by atoms with Gasteiger partial charge in [0.25, 0.3) is 15.9 Å². The van der Waals surface area contributed by atoms with E-state index < -0.39 is 15.9 Å². The van der Waals surface area contributed by atoms with E-state index in [1.165, 1.54) is 17.5 Å². The van der Waals surface area contributed by atoms with Gasteiger partial charge in [-0.05, 0) is 17.5 Å². The minimum atomic E-state index is -4.04. The molecule has 0 aliphatic carbocycles. The Labute approximate surface area is 153 Å². The maximum absolute atomic E-state index is 12.7. The van der Waals surface area contributed by atoms with Crippen LogP contribution in [0.4, 0.5) is 5.95 Å². The topological polar surface area (TPSA) is 110 Å². The Morgan fingerprint density at radius 3 is 2.77 bits per heavy atom. The number of thiophene rings is 1. The second-order valence-electron chi connectivity index (χ2n) is 5.60. The molecule has 1 amide bonds. The summed E-state index contributed by atoms with van der Waals surface area (Å²) in [5.74, 6) is -0.143. The Bertz CT molecular complexity index is 1030. The van der Waals surface area contributed by atoms with Gasteiger partial charge in [0, 0.05) is 24.3 Å². The van der Waals surface area contributed by atoms with E-state index in [9.17, 15) is 13.2 Å². The standard InChI is InChI=1S/C15H14N6O3S2/c22-14(11-2-7-25-10-11)19-26(23,24)13-8-18-21-6-5-20(9-12(13)21)15-16-3-1-4-17-15/h1-4,7-8,10H,5-6,9H2,(H,19,22). The smallest absolute Gasteiger partial charge is 0.267 e. The summed E-state index contributed by atoms with van der Waals surface area (Å²) in [6.07, 6.45) is 4.54. The quantitative estimate of drug-likeness (QED) is 0.704. The second-order valence-corrected chi connectivity index (χ2v) is 8.03. The third kappa shape index (κ3) is 3.06. The molecular weight excluding hydrogens is 376 g/mol. The van der Waals surface area contributed by atoms with Gasteiger partial charge < -0.3 is 4.90 Å². The van der Waals surface area contributed by atoms with Gasteiger partial charge >= 0.3 is 0 Å². The fourth-order valence-electron chi connectivity index (χ4n) is 2.70. The van der Waals surface area contributed by atoms with E-state index >= 15 is 0 Å². The number of sulfonamides is 1. The predicted molar refractivity (Wildman–Crippen MR) is 94.3 cm³/mol. The molecule has 4 heterocycles. The van der Waals surface area contributed by atoms with E-state index in [0.717, 1.165) is 0 Å². The molecule has 0 spiro atoms. The van der Waals surface area contributed by atoms with Crippen molar-refractivity contribution in [3.05, 3.63) is 52.7 Å². The first-order chi connectivity index (χ1) is 12.5. The zero-order valence-electron chi connectivity index (χ0n) is 13.4. The molecule has 26 heavy (non-hydrogen) atoms. The van der Waals surface area contributed by atoms with E-state index in [-0.39, 0.29) is 11.4 Å². The normalized spacial score (nSPS) is 14.1. The van der Waals surface area contributed by atoms with Crippen LogP contribution in [0.1, 0.15) is 16.1 Å². The third-order valence-corrected chi connectivity index (χ3v) is 6.03. The number of fused-ring (bicyclic) bond motifs is 1. The summed E-state index contributed by atoms with van der Waals surface area (Å²) in [6.45, 7) is 1.40. The molecule has 1 N–H and O–H groups in total. The van der Waals surface area contributed by atoms with Crippen LogP contribution in [0, 0.1) is 0 Å². The van der Waals surface area contributed by atoms with Gasteiger partial charge in [-0.3, -0.25) is 9.48 Å². The van der Waals surface area contributed by atoms with Gasteiger partial charge in [-0.2, -0.15) is 16.4 Å². The van der Waals surface area contributed by atoms with Crippen LogP contribution in [0.25, 0.3) is 0 Å². The van der Waals surface area contributed by atoms with Crippen molar-refractivity contribution in [1.29, 1.82) is 0 Å². The van der Waals surface area contributed by atoms with Crippen molar-refractivity contribution in [3.8, 4) is 0 Å². The van der Waals surface area contributed by atoms with Crippen LogP contribution in [0.15, 0.2) is 46.4 Å². The molecule has 9 nitrogen and oxygen atoms in total. The van der Waals surface area contributed by atoms with E-state index in [1.807, 2.05) is 4.90 Å². The van der Waals surface area contributed by atoms with Crippen molar-refractivity contribution < 1.29 is 13.2 Å². The van der Waals surface area contributed by atoms with Crippen molar-refractivity contribution in [1.82, 2.24) is 24.5 Å². The Kier molecular flexibility index (Phi) is 4.17. The van der Waals surface area contributed by atoms with Crippen molar-refractivity contribution >= 4 is 33.2 Å². The summed E-state index contributed by atoms with van der Waals surface area (Å²) < 4.78 is 29.1. The lowest BCUT2D eigenvalue weighted by atomic mass is 10.3. The fourth-order valence-corrected chi connectivity index (χ4v) is 4.47. The summed E-state index contributed by atoms with van der Waals surface area (Å²) in [5.41, 5.74) is 0.799. The largest absolute Gasteiger partial charge is 0.333 e. The minimum absolute atomic E-state index is 0.0123. The molecule has 1 aliphatic heterocycles. The molecule has 1 aliphatic rings. The van der Waals surface area contributed by atoms with Gasteiger partial charge in [0.1, 0.15) is 4.90 Å². The van der Waals surface area contributed by atoms with Crippen LogP contribution >= 0.6 is 11.3 Å². The van der Waals surface area contributed by atoms with E-state index in [0.29, 0.717) is 30.3 Å². The molecule has 11 heteroatoms. The summed E-state index contributed by atoms with van der Waals surface area (Å²) >= 11 is 1.32. The van der Waals surface area contributed by atoms with E-state index in [2.05, 4.69) is 19.8 Å². The number of nitrogens with zero attached hydrogens (tertiary/aromatic N) is 5. The lowest BCUT2D eigenvalue weighted by molar-refractivity contribution is 0.0982. The van der Waals surface area contributed by atoms with Gasteiger partial charge in [-0.1, -0.05) is 0 Å². The van der Waals surface area contributed by atoms with Crippen LogP contribution in [-0.4, -0.2) is 40.6 Å². The Balaban J connectivity index is 1.61. The molecule has 0 unspecified atom stereocenters. The van der Waals surface area contributed by atoms with Crippen molar-refractivity contribution in [2.24, 2.45) is 0 Å². The number of anilines is 1. The zero-order valence-corrected chi connectivity index (χ0v) is 15.1. The average Bonchev–Trinajstić information content (AvgIpc) is 3.31. The molecule has 0 saturated heterocycles. The molecule has 4 rings (SSSR count). The first-order valence-corrected chi connectivity index (χ1v) is 10.1. The summed E-state index contributed by atoms with van der Waals surface area (Å²) in [4.78, 5) is 22.4. The number of amides is 1. The van der Waals surface area contributed by atoms with Crippen molar-refractivity contribution in [3.63, 3.8) is 0 Å². The number of rotatable bonds is 4. The van der Waals surface area contributed by atoms with Gasteiger partial charge in [0.15, 0.2) is 0 Å². The summed E-state index contributed by atoms with van der Waals surface area (Å²) in [5, 5.41) is 7.44. The molecule has 0 fully saturated rings. The molecular formula is C15H14N6O3S2. The molecule has 0 bridgehead atoms. The third-order valence-electron chi connectivity index (χ3n) is 3.97. The molecule has 134 valence electrons. The summed E-state index contributed by atoms with van der Waals surface area (Å²) in [7, 11) is -4.04. The molecule has 0 aromatic carbocycles. The molecule has 0 radical (unpaired) electrons. The highest BCUT2D eigenvalue weighted by Gasteiger charge is 2.29. The number of aromatic nitrogens is 4. The van der Waals surface area contributed by atoms with Crippen LogP contribution in [-0.2, 0) is 23.1 Å². The second kappa shape index (κ2) is 6.50. The van der Waals surface area contributed by atoms with Crippen LogP contribution in [0.3, 0.4) is 0 Å². The van der Waals surface area contributed by atoms with Crippen molar-refractivity contribution in [2.75, 3.05) is 11.4 Å². The Hall–Kier alpha value is -2.79. The first-order valence-electron chi connectivity index (χ1n) is 7.70. The number of nitrogens with one attached hydrogen (secondary N) is 1. The lowest BCUT2D eigenvalue weighted by Gasteiger charge is -2.28. The van der Waals surface area contributed by atoms with Gasteiger partial charge in [-0.15, -0.1) is 0 Å². The lowest BCUT2D eigenvalue weighted by Crippen LogP contribution is -2.37. The SMILES string of the molecule is O=C(NS(=O)(=O)c1cnn2c1CN(c1ncccn1)CC2)c1ccsc1. The van der Waals surface area contributed by atoms with Gasteiger partial charge in [0.05, 0.1) is 30.5 Å². The first kappa shape index (κ1) is 16.7. The van der Waals surface area contributed by atoms with Gasteiger partial charge in [0.2, 0.25) is 5.95 Å². The maximum Gasteiger partial charge on any atom is 0.267 e. The average molecular weight is 390 g/mol. The monoisotopic (exact) mass is 390 g/mol. The number of carbonyl (C=O) groups excluding carboxylic acids is 1. The maximum atomic E-state index is 12.7. The molecule has 3 aromatic heterocycles. The van der Waals surface area contributed by atoms with E-state index in [4.69, 9.17) is 0 Å². The predicted octanol–water partition coefficient (Wildman–Crippen LogP) is 0.873. The Morgan fingerprint density at radius 2 is 2.04 bits per heavy atom. The fraction of sp³-hybridized carbons (Fsp3) is 0.200. The number of hydrogen-bond donors (Lipinski definition) is 1. The van der Waals surface area contributed by atoms with Crippen LogP contribution in [0.2, 0.25) is 0 Å². The number of carbonyl (C=O) groups is 1. The zero-order chi connectivity index (χ0) is 18.1. The minimum Gasteiger partial charge on any atom is -0.333 e.